The summed E-state index contributed by atoms with van der Waals surface area (Å²) >= 11 is 5.94. The van der Waals surface area contributed by atoms with Crippen LogP contribution in [0.15, 0.2) is 53.4 Å². The number of piperidine rings is 1. The number of benzene rings is 2. The molecule has 1 aliphatic heterocycles. The number of hydrogen-bond acceptors (Lipinski definition) is 4. The van der Waals surface area contributed by atoms with E-state index in [9.17, 15) is 8.42 Å². The second-order valence-corrected chi connectivity index (χ2v) is 9.43. The molecule has 2 aromatic rings. The van der Waals surface area contributed by atoms with Crippen molar-refractivity contribution in [2.75, 3.05) is 19.3 Å². The molecule has 2 aromatic carbocycles. The maximum Gasteiger partial charge on any atom is 0.175 e. The molecule has 0 aromatic heterocycles. The highest BCUT2D eigenvalue weighted by molar-refractivity contribution is 7.90. The highest BCUT2D eigenvalue weighted by Crippen LogP contribution is 2.17. The predicted octanol–water partition coefficient (Wildman–Crippen LogP) is 3.50. The van der Waals surface area contributed by atoms with E-state index < -0.39 is 9.84 Å². The molecule has 26 heavy (non-hydrogen) atoms. The van der Waals surface area contributed by atoms with Crippen LogP contribution in [0.3, 0.4) is 0 Å². The average molecular weight is 393 g/mol. The van der Waals surface area contributed by atoms with Gasteiger partial charge in [0.15, 0.2) is 9.84 Å². The summed E-state index contributed by atoms with van der Waals surface area (Å²) < 4.78 is 23.0. The van der Waals surface area contributed by atoms with Crippen molar-refractivity contribution in [3.63, 3.8) is 0 Å². The van der Waals surface area contributed by atoms with Crippen molar-refractivity contribution in [1.82, 2.24) is 10.2 Å². The van der Waals surface area contributed by atoms with E-state index in [-0.39, 0.29) is 0 Å². The molecule has 0 spiro atoms. The Bertz CT molecular complexity index is 812. The van der Waals surface area contributed by atoms with Gasteiger partial charge in [-0.2, -0.15) is 0 Å². The van der Waals surface area contributed by atoms with Gasteiger partial charge in [-0.3, -0.25) is 4.90 Å². The fraction of sp³-hybridized carbons (Fsp3) is 0.400. The number of nitrogens with one attached hydrogen (secondary N) is 1. The summed E-state index contributed by atoms with van der Waals surface area (Å²) in [6.45, 7) is 3.89. The van der Waals surface area contributed by atoms with Crippen LogP contribution in [0.1, 0.15) is 24.0 Å². The minimum atomic E-state index is -3.12. The topological polar surface area (TPSA) is 49.4 Å². The third kappa shape index (κ3) is 5.55. The number of hydrogen-bond donors (Lipinski definition) is 1. The van der Waals surface area contributed by atoms with Gasteiger partial charge in [0.05, 0.1) is 4.90 Å². The first-order valence-electron chi connectivity index (χ1n) is 8.89. The Hall–Kier alpha value is -1.40. The summed E-state index contributed by atoms with van der Waals surface area (Å²) in [6.07, 6.45) is 3.47. The molecule has 1 heterocycles. The Labute approximate surface area is 161 Å². The normalized spacial score (nSPS) is 16.7. The second-order valence-electron chi connectivity index (χ2n) is 6.97. The lowest BCUT2D eigenvalue weighted by atomic mass is 10.0. The molecule has 0 bridgehead atoms. The third-order valence-electron chi connectivity index (χ3n) is 4.85. The van der Waals surface area contributed by atoms with E-state index in [2.05, 4.69) is 22.3 Å². The smallest absolute Gasteiger partial charge is 0.175 e. The lowest BCUT2D eigenvalue weighted by molar-refractivity contribution is 0.190. The largest absolute Gasteiger partial charge is 0.310 e. The predicted molar refractivity (Wildman–Crippen MR) is 106 cm³/mol. The number of likely N-dealkylation sites (tertiary alicyclic amines) is 1. The van der Waals surface area contributed by atoms with Gasteiger partial charge < -0.3 is 5.32 Å². The molecule has 4 nitrogen and oxygen atoms in total. The Morgan fingerprint density at radius 2 is 1.58 bits per heavy atom. The quantitative estimate of drug-likeness (QED) is 0.817. The molecule has 140 valence electrons. The van der Waals surface area contributed by atoms with Crippen LogP contribution >= 0.6 is 11.6 Å². The molecule has 3 rings (SSSR count). The number of rotatable bonds is 6. The Morgan fingerprint density at radius 3 is 2.15 bits per heavy atom. The van der Waals surface area contributed by atoms with Crippen molar-refractivity contribution in [1.29, 1.82) is 0 Å². The zero-order chi connectivity index (χ0) is 18.6. The molecule has 0 radical (unpaired) electrons. The highest BCUT2D eigenvalue weighted by Gasteiger charge is 2.18. The van der Waals surface area contributed by atoms with Crippen molar-refractivity contribution < 1.29 is 8.42 Å². The van der Waals surface area contributed by atoms with E-state index in [1.54, 1.807) is 12.1 Å². The Kier molecular flexibility index (Phi) is 6.35. The van der Waals surface area contributed by atoms with Crippen LogP contribution in [0, 0.1) is 0 Å². The molecule has 1 saturated heterocycles. The highest BCUT2D eigenvalue weighted by atomic mass is 35.5. The molecule has 0 amide bonds. The van der Waals surface area contributed by atoms with Crippen molar-refractivity contribution >= 4 is 21.4 Å². The van der Waals surface area contributed by atoms with Crippen LogP contribution in [0.25, 0.3) is 0 Å². The number of sulfone groups is 1. The molecule has 0 atom stereocenters. The molecule has 0 aliphatic carbocycles. The zero-order valence-corrected chi connectivity index (χ0v) is 16.6. The van der Waals surface area contributed by atoms with Crippen LogP contribution in [0.5, 0.6) is 0 Å². The molecular weight excluding hydrogens is 368 g/mol. The fourth-order valence-corrected chi connectivity index (χ4v) is 4.02. The first-order chi connectivity index (χ1) is 12.4. The van der Waals surface area contributed by atoms with Crippen molar-refractivity contribution in [2.45, 2.75) is 36.9 Å². The van der Waals surface area contributed by atoms with Crippen LogP contribution in [-0.2, 0) is 22.9 Å². The van der Waals surface area contributed by atoms with E-state index in [0.717, 1.165) is 49.6 Å². The van der Waals surface area contributed by atoms with Gasteiger partial charge in [-0.1, -0.05) is 35.9 Å². The SMILES string of the molecule is CS(=O)(=O)c1ccc(CNC2CCN(Cc3ccc(Cl)cc3)CC2)cc1. The first kappa shape index (κ1) is 19.4. The van der Waals surface area contributed by atoms with E-state index in [4.69, 9.17) is 11.6 Å². The summed E-state index contributed by atoms with van der Waals surface area (Å²) in [5, 5.41) is 4.37. The molecule has 6 heteroatoms. The molecule has 1 N–H and O–H groups in total. The number of nitrogens with zero attached hydrogens (tertiary/aromatic N) is 1. The summed E-state index contributed by atoms with van der Waals surface area (Å²) in [6, 6.07) is 15.7. The standard InChI is InChI=1S/C20H25ClN2O2S/c1-26(24,25)20-8-4-16(5-9-20)14-22-19-10-12-23(13-11-19)15-17-2-6-18(21)7-3-17/h2-9,19,22H,10-15H2,1H3. The lowest BCUT2D eigenvalue weighted by Gasteiger charge is -2.32. The molecular formula is C20H25ClN2O2S. The monoisotopic (exact) mass is 392 g/mol. The van der Waals surface area contributed by atoms with E-state index >= 15 is 0 Å². The van der Waals surface area contributed by atoms with E-state index in [1.807, 2.05) is 24.3 Å². The Morgan fingerprint density at radius 1 is 1.00 bits per heavy atom. The third-order valence-corrected chi connectivity index (χ3v) is 6.23. The van der Waals surface area contributed by atoms with Gasteiger partial charge in [0.1, 0.15) is 0 Å². The molecule has 0 saturated carbocycles. The maximum atomic E-state index is 11.5. The summed E-state index contributed by atoms with van der Waals surface area (Å²) in [4.78, 5) is 2.85. The average Bonchev–Trinajstić information content (AvgIpc) is 2.63. The molecule has 0 unspecified atom stereocenters. The Balaban J connectivity index is 1.43. The van der Waals surface area contributed by atoms with E-state index in [1.165, 1.54) is 11.8 Å². The van der Waals surface area contributed by atoms with Gasteiger partial charge in [0.25, 0.3) is 0 Å². The van der Waals surface area contributed by atoms with Crippen LogP contribution in [-0.4, -0.2) is 38.7 Å². The lowest BCUT2D eigenvalue weighted by Crippen LogP contribution is -2.41. The molecule has 1 fully saturated rings. The summed E-state index contributed by atoms with van der Waals surface area (Å²) in [7, 11) is -3.12. The zero-order valence-electron chi connectivity index (χ0n) is 15.0. The summed E-state index contributed by atoms with van der Waals surface area (Å²) in [5.41, 5.74) is 2.41. The minimum absolute atomic E-state index is 0.372. The fourth-order valence-electron chi connectivity index (χ4n) is 3.26. The van der Waals surface area contributed by atoms with Gasteiger partial charge in [-0.25, -0.2) is 8.42 Å². The van der Waals surface area contributed by atoms with Gasteiger partial charge in [-0.05, 0) is 61.3 Å². The van der Waals surface area contributed by atoms with Crippen molar-refractivity contribution in [3.05, 3.63) is 64.7 Å². The van der Waals surface area contributed by atoms with E-state index in [0.29, 0.717) is 10.9 Å². The van der Waals surface area contributed by atoms with Crippen molar-refractivity contribution in [3.8, 4) is 0 Å². The maximum absolute atomic E-state index is 11.5. The minimum Gasteiger partial charge on any atom is -0.310 e. The summed E-state index contributed by atoms with van der Waals surface area (Å²) in [5.74, 6) is 0. The van der Waals surface area contributed by atoms with Crippen LogP contribution in [0.4, 0.5) is 0 Å². The van der Waals surface area contributed by atoms with Gasteiger partial charge >= 0.3 is 0 Å². The van der Waals surface area contributed by atoms with Crippen LogP contribution in [0.2, 0.25) is 5.02 Å². The molecule has 1 aliphatic rings. The van der Waals surface area contributed by atoms with Gasteiger partial charge in [-0.15, -0.1) is 0 Å². The first-order valence-corrected chi connectivity index (χ1v) is 11.2. The van der Waals surface area contributed by atoms with Crippen molar-refractivity contribution in [2.24, 2.45) is 0 Å². The second kappa shape index (κ2) is 8.53. The van der Waals surface area contributed by atoms with Crippen LogP contribution < -0.4 is 5.32 Å². The van der Waals surface area contributed by atoms with Gasteiger partial charge in [0.2, 0.25) is 0 Å². The van der Waals surface area contributed by atoms with Gasteiger partial charge in [0, 0.05) is 30.4 Å². The number of halogens is 1.